The topological polar surface area (TPSA) is 86.7 Å². The van der Waals surface area contributed by atoms with Crippen LogP contribution in [0.4, 0.5) is 0 Å². The van der Waals surface area contributed by atoms with E-state index in [-0.39, 0.29) is 18.2 Å². The van der Waals surface area contributed by atoms with Crippen LogP contribution in [0.15, 0.2) is 11.4 Å². The Labute approximate surface area is 157 Å². The van der Waals surface area contributed by atoms with Gasteiger partial charge in [-0.15, -0.1) is 11.3 Å². The fourth-order valence-corrected chi connectivity index (χ4v) is 4.72. The number of nitrogens with zero attached hydrogens (tertiary/aromatic N) is 1. The number of nitrogens with one attached hydrogen (secondary N) is 1. The Kier molecular flexibility index (Phi) is 5.65. The second-order valence-electron chi connectivity index (χ2n) is 7.40. The number of rotatable bonds is 7. The Bertz CT molecular complexity index is 695. The molecule has 1 fully saturated rings. The van der Waals surface area contributed by atoms with Gasteiger partial charge in [0.05, 0.1) is 5.41 Å². The van der Waals surface area contributed by atoms with E-state index in [1.54, 1.807) is 11.3 Å². The second kappa shape index (κ2) is 7.78. The van der Waals surface area contributed by atoms with Crippen molar-refractivity contribution in [2.45, 2.75) is 64.5 Å². The van der Waals surface area contributed by atoms with E-state index < -0.39 is 17.4 Å². The first kappa shape index (κ1) is 18.9. The molecule has 0 aromatic carbocycles. The summed E-state index contributed by atoms with van der Waals surface area (Å²) in [4.78, 5) is 40.0. The van der Waals surface area contributed by atoms with Gasteiger partial charge in [-0.05, 0) is 42.7 Å². The van der Waals surface area contributed by atoms with Gasteiger partial charge >= 0.3 is 5.97 Å². The molecule has 0 radical (unpaired) electrons. The number of thiophene rings is 1. The fraction of sp³-hybridized carbons (Fsp3) is 0.632. The average molecular weight is 378 g/mol. The van der Waals surface area contributed by atoms with Crippen molar-refractivity contribution >= 4 is 29.1 Å². The number of carboxylic acid groups (broad SMARTS) is 1. The molecule has 142 valence electrons. The van der Waals surface area contributed by atoms with E-state index in [2.05, 4.69) is 11.4 Å². The maximum atomic E-state index is 12.9. The number of hydrogen-bond acceptors (Lipinski definition) is 4. The second-order valence-corrected chi connectivity index (χ2v) is 8.40. The number of carbonyl (C=O) groups is 3. The SMILES string of the molecule is CCCC(NC(=O)CC1(C(=O)O)CCC1)C(=O)N1CCc2sccc2C1. The molecule has 1 aromatic heterocycles. The smallest absolute Gasteiger partial charge is 0.310 e. The molecule has 7 heteroatoms. The minimum absolute atomic E-state index is 0.0372. The maximum Gasteiger partial charge on any atom is 0.310 e. The van der Waals surface area contributed by atoms with Crippen LogP contribution in [0.25, 0.3) is 0 Å². The molecule has 0 saturated heterocycles. The highest BCUT2D eigenvalue weighted by molar-refractivity contribution is 7.10. The first-order valence-electron chi connectivity index (χ1n) is 9.32. The highest BCUT2D eigenvalue weighted by Gasteiger charge is 2.46. The van der Waals surface area contributed by atoms with E-state index in [1.807, 2.05) is 17.2 Å². The molecular formula is C19H26N2O4S. The summed E-state index contributed by atoms with van der Waals surface area (Å²) in [6.07, 6.45) is 4.08. The summed E-state index contributed by atoms with van der Waals surface area (Å²) in [6.45, 7) is 3.23. The lowest BCUT2D eigenvalue weighted by molar-refractivity contribution is -0.157. The summed E-state index contributed by atoms with van der Waals surface area (Å²) in [7, 11) is 0. The van der Waals surface area contributed by atoms with E-state index in [9.17, 15) is 19.5 Å². The zero-order chi connectivity index (χ0) is 18.7. The highest BCUT2D eigenvalue weighted by atomic mass is 32.1. The molecule has 2 aliphatic rings. The van der Waals surface area contributed by atoms with E-state index in [0.717, 1.165) is 19.3 Å². The average Bonchev–Trinajstić information content (AvgIpc) is 3.04. The standard InChI is InChI=1S/C19H26N2O4S/c1-2-4-14(20-16(22)11-19(18(24)25)7-3-8-19)17(23)21-9-5-15-13(12-21)6-10-26-15/h6,10,14H,2-5,7-9,11-12H2,1H3,(H,20,22)(H,24,25). The number of hydrogen-bond donors (Lipinski definition) is 2. The molecule has 0 spiro atoms. The van der Waals surface area contributed by atoms with Crippen molar-refractivity contribution in [1.82, 2.24) is 10.2 Å². The molecule has 1 saturated carbocycles. The van der Waals surface area contributed by atoms with Crippen molar-refractivity contribution in [3.8, 4) is 0 Å². The van der Waals surface area contributed by atoms with Gasteiger partial charge in [0, 0.05) is 24.4 Å². The van der Waals surface area contributed by atoms with Crippen LogP contribution in [0.1, 0.15) is 55.9 Å². The molecule has 6 nitrogen and oxygen atoms in total. The molecule has 2 N–H and O–H groups in total. The molecular weight excluding hydrogens is 352 g/mol. The van der Waals surface area contributed by atoms with Crippen LogP contribution in [-0.2, 0) is 27.3 Å². The van der Waals surface area contributed by atoms with Gasteiger partial charge in [0.15, 0.2) is 0 Å². The molecule has 1 unspecified atom stereocenters. The van der Waals surface area contributed by atoms with E-state index in [0.29, 0.717) is 32.4 Å². The van der Waals surface area contributed by atoms with Crippen molar-refractivity contribution in [1.29, 1.82) is 0 Å². The van der Waals surface area contributed by atoms with Gasteiger partial charge < -0.3 is 15.3 Å². The lowest BCUT2D eigenvalue weighted by Crippen LogP contribution is -2.51. The van der Waals surface area contributed by atoms with Crippen LogP contribution >= 0.6 is 11.3 Å². The number of amides is 2. The summed E-state index contributed by atoms with van der Waals surface area (Å²) in [6, 6.07) is 1.48. The fourth-order valence-electron chi connectivity index (χ4n) is 3.83. The third-order valence-electron chi connectivity index (χ3n) is 5.59. The van der Waals surface area contributed by atoms with Crippen molar-refractivity contribution < 1.29 is 19.5 Å². The van der Waals surface area contributed by atoms with Gasteiger partial charge in [-0.1, -0.05) is 19.8 Å². The molecule has 1 atom stereocenters. The summed E-state index contributed by atoms with van der Waals surface area (Å²) in [5, 5.41) is 14.3. The maximum absolute atomic E-state index is 12.9. The van der Waals surface area contributed by atoms with Crippen LogP contribution < -0.4 is 5.32 Å². The molecule has 3 rings (SSSR count). The minimum Gasteiger partial charge on any atom is -0.481 e. The van der Waals surface area contributed by atoms with Crippen molar-refractivity contribution in [3.63, 3.8) is 0 Å². The molecule has 1 aliphatic heterocycles. The van der Waals surface area contributed by atoms with Gasteiger partial charge in [-0.2, -0.15) is 0 Å². The van der Waals surface area contributed by atoms with Crippen LogP contribution in [0.2, 0.25) is 0 Å². The van der Waals surface area contributed by atoms with Gasteiger partial charge in [-0.3, -0.25) is 14.4 Å². The number of carbonyl (C=O) groups excluding carboxylic acids is 2. The Morgan fingerprint density at radius 3 is 2.77 bits per heavy atom. The van der Waals surface area contributed by atoms with E-state index in [1.165, 1.54) is 10.4 Å². The quantitative estimate of drug-likeness (QED) is 0.763. The van der Waals surface area contributed by atoms with Crippen molar-refractivity contribution in [2.75, 3.05) is 6.54 Å². The Hall–Kier alpha value is -1.89. The summed E-state index contributed by atoms with van der Waals surface area (Å²) in [5.74, 6) is -1.29. The van der Waals surface area contributed by atoms with Gasteiger partial charge in [0.1, 0.15) is 6.04 Å². The number of aliphatic carboxylic acids is 1. The molecule has 2 amide bonds. The predicted molar refractivity (Wildman–Crippen MR) is 98.8 cm³/mol. The lowest BCUT2D eigenvalue weighted by Gasteiger charge is -2.37. The lowest BCUT2D eigenvalue weighted by atomic mass is 9.66. The molecule has 26 heavy (non-hydrogen) atoms. The Morgan fingerprint density at radius 1 is 1.38 bits per heavy atom. The summed E-state index contributed by atoms with van der Waals surface area (Å²) < 4.78 is 0. The third kappa shape index (κ3) is 3.77. The summed E-state index contributed by atoms with van der Waals surface area (Å²) in [5.41, 5.74) is 0.260. The zero-order valence-corrected chi connectivity index (χ0v) is 15.9. The van der Waals surface area contributed by atoms with E-state index in [4.69, 9.17) is 0 Å². The Balaban J connectivity index is 1.62. The van der Waals surface area contributed by atoms with Crippen molar-refractivity contribution in [3.05, 3.63) is 21.9 Å². The van der Waals surface area contributed by atoms with Crippen LogP contribution in [-0.4, -0.2) is 40.4 Å². The monoisotopic (exact) mass is 378 g/mol. The molecule has 0 bridgehead atoms. The van der Waals surface area contributed by atoms with Gasteiger partial charge in [0.2, 0.25) is 11.8 Å². The largest absolute Gasteiger partial charge is 0.481 e. The first-order valence-corrected chi connectivity index (χ1v) is 10.2. The van der Waals surface area contributed by atoms with Gasteiger partial charge in [-0.25, -0.2) is 0 Å². The zero-order valence-electron chi connectivity index (χ0n) is 15.1. The van der Waals surface area contributed by atoms with Crippen LogP contribution in [0, 0.1) is 5.41 Å². The van der Waals surface area contributed by atoms with Crippen molar-refractivity contribution in [2.24, 2.45) is 5.41 Å². The normalized spacial score (nSPS) is 19.2. The molecule has 1 aromatic rings. The number of fused-ring (bicyclic) bond motifs is 1. The minimum atomic E-state index is -0.930. The highest BCUT2D eigenvalue weighted by Crippen LogP contribution is 2.44. The predicted octanol–water partition coefficient (Wildman–Crippen LogP) is 2.56. The van der Waals surface area contributed by atoms with Gasteiger partial charge in [0.25, 0.3) is 0 Å². The first-order chi connectivity index (χ1) is 12.4. The van der Waals surface area contributed by atoms with Crippen LogP contribution in [0.3, 0.4) is 0 Å². The molecule has 1 aliphatic carbocycles. The Morgan fingerprint density at radius 2 is 2.15 bits per heavy atom. The molecule has 2 heterocycles. The summed E-state index contributed by atoms with van der Waals surface area (Å²) >= 11 is 1.72. The van der Waals surface area contributed by atoms with E-state index >= 15 is 0 Å². The third-order valence-corrected chi connectivity index (χ3v) is 6.62. The van der Waals surface area contributed by atoms with Crippen LogP contribution in [0.5, 0.6) is 0 Å². The number of carboxylic acids is 1.